The Bertz CT molecular complexity index is 1740. The maximum atomic E-state index is 14.4. The van der Waals surface area contributed by atoms with Crippen LogP contribution in [0.1, 0.15) is 55.3 Å². The van der Waals surface area contributed by atoms with E-state index < -0.39 is 6.04 Å². The van der Waals surface area contributed by atoms with Gasteiger partial charge >= 0.3 is 0 Å². The van der Waals surface area contributed by atoms with E-state index >= 15 is 0 Å². The van der Waals surface area contributed by atoms with Gasteiger partial charge in [-0.1, -0.05) is 55.5 Å². The molecule has 226 valence electrons. The van der Waals surface area contributed by atoms with Gasteiger partial charge in [0.1, 0.15) is 24.4 Å². The van der Waals surface area contributed by atoms with Crippen LogP contribution in [0.3, 0.4) is 0 Å². The van der Waals surface area contributed by atoms with Crippen molar-refractivity contribution in [2.45, 2.75) is 58.2 Å². The third-order valence-electron chi connectivity index (χ3n) is 7.98. The highest BCUT2D eigenvalue weighted by molar-refractivity contribution is 6.01. The summed E-state index contributed by atoms with van der Waals surface area (Å²) in [7, 11) is 0. The zero-order valence-electron chi connectivity index (χ0n) is 25.0. The predicted molar refractivity (Wildman–Crippen MR) is 164 cm³/mol. The van der Waals surface area contributed by atoms with E-state index in [1.165, 1.54) is 6.33 Å². The molecule has 12 heteroatoms. The van der Waals surface area contributed by atoms with E-state index in [1.54, 1.807) is 14.3 Å². The van der Waals surface area contributed by atoms with Crippen LogP contribution in [0.5, 0.6) is 0 Å². The van der Waals surface area contributed by atoms with Gasteiger partial charge in [-0.05, 0) is 83.1 Å². The number of para-hydroxylation sites is 1. The van der Waals surface area contributed by atoms with Crippen LogP contribution < -0.4 is 10.2 Å². The van der Waals surface area contributed by atoms with Crippen LogP contribution in [0.25, 0.3) is 16.7 Å². The van der Waals surface area contributed by atoms with E-state index in [4.69, 9.17) is 4.74 Å². The fourth-order valence-electron chi connectivity index (χ4n) is 5.59. The first-order chi connectivity index (χ1) is 21.4. The van der Waals surface area contributed by atoms with Crippen molar-refractivity contribution in [1.82, 2.24) is 40.5 Å². The summed E-state index contributed by atoms with van der Waals surface area (Å²) in [4.78, 5) is 30.2. The number of nitrogens with zero attached hydrogens (tertiary/aromatic N) is 8. The lowest BCUT2D eigenvalue weighted by Gasteiger charge is -2.32. The first-order valence-electron chi connectivity index (χ1n) is 14.8. The number of amides is 2. The number of aromatic nitrogens is 7. The summed E-state index contributed by atoms with van der Waals surface area (Å²) in [5.74, 6) is -0.298. The molecule has 12 nitrogen and oxygen atoms in total. The molecule has 1 N–H and O–H groups in total. The van der Waals surface area contributed by atoms with E-state index in [1.807, 2.05) is 73.7 Å². The number of nitrogens with one attached hydrogen (secondary N) is 1. The number of anilines is 1. The van der Waals surface area contributed by atoms with Gasteiger partial charge in [0.2, 0.25) is 11.8 Å². The van der Waals surface area contributed by atoms with Crippen LogP contribution in [0.4, 0.5) is 5.69 Å². The Labute approximate surface area is 255 Å². The second-order valence-electron chi connectivity index (χ2n) is 11.3. The second-order valence-corrected chi connectivity index (χ2v) is 11.3. The molecule has 2 atom stereocenters. The van der Waals surface area contributed by atoms with Gasteiger partial charge in [0.15, 0.2) is 0 Å². The Balaban J connectivity index is 1.43. The maximum absolute atomic E-state index is 14.4. The molecule has 2 aromatic heterocycles. The molecule has 1 saturated heterocycles. The summed E-state index contributed by atoms with van der Waals surface area (Å²) in [5, 5.41) is 23.1. The standard InChI is InChI=1S/C32H35N9O3/c1-21(2)23-10-12-24(13-11-23)31(32(43)33-18-26-7-6-16-44-26)41(25-14-15-28(22(3)17-25)40-20-34-36-38-40)30(42)19-39-29-9-5-4-8-27(29)35-37-39/h4-5,8-15,17,20-21,26,31H,6-7,16,18-19H2,1-3H3,(H,33,43)/t26-,31+/m1/s1. The van der Waals surface area contributed by atoms with Crippen molar-refractivity contribution in [2.24, 2.45) is 0 Å². The number of fused-ring (bicyclic) bond motifs is 1. The van der Waals surface area contributed by atoms with Gasteiger partial charge in [0.25, 0.3) is 0 Å². The Hall–Kier alpha value is -4.97. The molecule has 3 aromatic carbocycles. The predicted octanol–water partition coefficient (Wildman–Crippen LogP) is 3.91. The Morgan fingerprint density at radius 2 is 1.84 bits per heavy atom. The summed E-state index contributed by atoms with van der Waals surface area (Å²) >= 11 is 0. The molecular formula is C32H35N9O3. The van der Waals surface area contributed by atoms with Crippen LogP contribution in [0.2, 0.25) is 0 Å². The van der Waals surface area contributed by atoms with Gasteiger partial charge in [-0.2, -0.15) is 0 Å². The average molecular weight is 594 g/mol. The fraction of sp³-hybridized carbons (Fsp3) is 0.344. The SMILES string of the molecule is Cc1cc(N(C(=O)Cn2nnc3ccccc32)[C@H](C(=O)NC[C@H]2CCCO2)c2ccc(C(C)C)cc2)ccc1-n1cnnn1. The smallest absolute Gasteiger partial charge is 0.249 e. The fourth-order valence-corrected chi connectivity index (χ4v) is 5.59. The summed E-state index contributed by atoms with van der Waals surface area (Å²) in [6.07, 6.45) is 3.31. The minimum absolute atomic E-state index is 0.0496. The van der Waals surface area contributed by atoms with E-state index in [-0.39, 0.29) is 24.5 Å². The molecule has 5 aromatic rings. The molecule has 1 aliphatic rings. The molecule has 2 amide bonds. The van der Waals surface area contributed by atoms with Crippen LogP contribution in [-0.2, 0) is 20.9 Å². The summed E-state index contributed by atoms with van der Waals surface area (Å²) in [6.45, 7) is 7.09. The highest BCUT2D eigenvalue weighted by Gasteiger charge is 2.34. The molecule has 0 radical (unpaired) electrons. The molecule has 1 aliphatic heterocycles. The lowest BCUT2D eigenvalue weighted by Crippen LogP contribution is -2.46. The highest BCUT2D eigenvalue weighted by Crippen LogP contribution is 2.32. The molecule has 3 heterocycles. The quantitative estimate of drug-likeness (QED) is 0.258. The topological polar surface area (TPSA) is 133 Å². The van der Waals surface area contributed by atoms with Crippen molar-refractivity contribution in [1.29, 1.82) is 0 Å². The average Bonchev–Trinajstić information content (AvgIpc) is 3.82. The second kappa shape index (κ2) is 12.7. The maximum Gasteiger partial charge on any atom is 0.249 e. The molecule has 0 unspecified atom stereocenters. The first-order valence-corrected chi connectivity index (χ1v) is 14.8. The number of ether oxygens (including phenoxy) is 1. The first kappa shape index (κ1) is 29.1. The Morgan fingerprint density at radius 3 is 2.55 bits per heavy atom. The summed E-state index contributed by atoms with van der Waals surface area (Å²) in [6, 6.07) is 19.9. The monoisotopic (exact) mass is 593 g/mol. The van der Waals surface area contributed by atoms with Crippen LogP contribution in [0, 0.1) is 6.92 Å². The van der Waals surface area contributed by atoms with Crippen LogP contribution in [-0.4, -0.2) is 66.3 Å². The molecular weight excluding hydrogens is 558 g/mol. The van der Waals surface area contributed by atoms with Gasteiger partial charge < -0.3 is 10.1 Å². The lowest BCUT2D eigenvalue weighted by molar-refractivity contribution is -0.127. The van der Waals surface area contributed by atoms with Crippen molar-refractivity contribution in [3.05, 3.63) is 89.7 Å². The minimum Gasteiger partial charge on any atom is -0.376 e. The molecule has 0 saturated carbocycles. The van der Waals surface area contributed by atoms with E-state index in [2.05, 4.69) is 45.0 Å². The molecule has 0 spiro atoms. The Kier molecular flexibility index (Phi) is 8.42. The molecule has 44 heavy (non-hydrogen) atoms. The van der Waals surface area contributed by atoms with Crippen LogP contribution in [0.15, 0.2) is 73.1 Å². The number of carbonyl (C=O) groups is 2. The highest BCUT2D eigenvalue weighted by atomic mass is 16.5. The van der Waals surface area contributed by atoms with Crippen molar-refractivity contribution in [3.8, 4) is 5.69 Å². The summed E-state index contributed by atoms with van der Waals surface area (Å²) < 4.78 is 8.89. The molecule has 0 bridgehead atoms. The number of carbonyl (C=O) groups excluding carboxylic acids is 2. The molecule has 6 rings (SSSR count). The van der Waals surface area contributed by atoms with Crippen molar-refractivity contribution in [3.63, 3.8) is 0 Å². The molecule has 0 aliphatic carbocycles. The van der Waals surface area contributed by atoms with E-state index in [9.17, 15) is 9.59 Å². The number of benzene rings is 3. The van der Waals surface area contributed by atoms with Gasteiger partial charge in [-0.15, -0.1) is 10.2 Å². The van der Waals surface area contributed by atoms with Gasteiger partial charge in [-0.25, -0.2) is 9.36 Å². The zero-order valence-corrected chi connectivity index (χ0v) is 25.0. The zero-order chi connectivity index (χ0) is 30.6. The van der Waals surface area contributed by atoms with E-state index in [0.717, 1.165) is 35.2 Å². The van der Waals surface area contributed by atoms with Crippen molar-refractivity contribution in [2.75, 3.05) is 18.1 Å². The van der Waals surface area contributed by atoms with Crippen molar-refractivity contribution < 1.29 is 14.3 Å². The minimum atomic E-state index is -0.960. The summed E-state index contributed by atoms with van der Waals surface area (Å²) in [5.41, 5.74) is 5.38. The van der Waals surface area contributed by atoms with Gasteiger partial charge in [0, 0.05) is 18.8 Å². The number of hydrogen-bond acceptors (Lipinski definition) is 8. The normalized spacial score (nSPS) is 15.5. The number of aryl methyl sites for hydroxylation is 1. The number of tetrazole rings is 1. The van der Waals surface area contributed by atoms with Crippen molar-refractivity contribution >= 4 is 28.5 Å². The molecule has 1 fully saturated rings. The largest absolute Gasteiger partial charge is 0.376 e. The van der Waals surface area contributed by atoms with E-state index in [0.29, 0.717) is 35.8 Å². The van der Waals surface area contributed by atoms with Gasteiger partial charge in [-0.3, -0.25) is 14.5 Å². The third kappa shape index (κ3) is 6.06. The Morgan fingerprint density at radius 1 is 1.05 bits per heavy atom. The van der Waals surface area contributed by atoms with Crippen LogP contribution >= 0.6 is 0 Å². The number of rotatable bonds is 10. The van der Waals surface area contributed by atoms with Gasteiger partial charge in [0.05, 0.1) is 17.3 Å². The third-order valence-corrected chi connectivity index (χ3v) is 7.98. The number of hydrogen-bond donors (Lipinski definition) is 1. The lowest BCUT2D eigenvalue weighted by atomic mass is 9.97.